The molecule has 14 heteroatoms. The summed E-state index contributed by atoms with van der Waals surface area (Å²) >= 11 is 0. The first-order chi connectivity index (χ1) is 15.8. The van der Waals surface area contributed by atoms with Crippen molar-refractivity contribution in [1.82, 2.24) is 14.9 Å². The Kier molecular flexibility index (Phi) is 15.6. The van der Waals surface area contributed by atoms with Crippen molar-refractivity contribution in [3.05, 3.63) is 41.1 Å². The van der Waals surface area contributed by atoms with E-state index in [1.54, 1.807) is 0 Å². The molecular weight excluding hydrogens is 551 g/mol. The van der Waals surface area contributed by atoms with Crippen molar-refractivity contribution in [2.45, 2.75) is 37.8 Å². The van der Waals surface area contributed by atoms with Gasteiger partial charge in [-0.25, -0.2) is 11.0 Å². The van der Waals surface area contributed by atoms with Crippen LogP contribution >= 0.6 is 8.58 Å². The molecule has 1 aromatic heterocycles. The molecule has 4 atom stereocenters. The Balaban J connectivity index is 0.000000827. The molecule has 2 bridgehead atoms. The number of rotatable bonds is 6. The van der Waals surface area contributed by atoms with Gasteiger partial charge in [0.15, 0.2) is 0 Å². The number of imidazole rings is 1. The van der Waals surface area contributed by atoms with Gasteiger partial charge in [-0.2, -0.15) is 6.41 Å². The molecule has 1 aliphatic heterocycles. The van der Waals surface area contributed by atoms with Crippen LogP contribution < -0.4 is 0 Å². The number of ether oxygens (including phenoxy) is 2. The maximum Gasteiger partial charge on any atom is 2.00 e. The van der Waals surface area contributed by atoms with Crippen molar-refractivity contribution in [2.24, 2.45) is 5.92 Å². The number of likely N-dealkylation sites (tertiary alicyclic amines) is 1. The third-order valence-corrected chi connectivity index (χ3v) is 6.16. The van der Waals surface area contributed by atoms with E-state index < -0.39 is 12.2 Å². The zero-order chi connectivity index (χ0) is 24.4. The molecule has 4 rings (SSSR count). The number of fused-ring (bicyclic) bond motifs is 3. The molecule has 1 aliphatic carbocycles. The summed E-state index contributed by atoms with van der Waals surface area (Å²) in [6.07, 6.45) is 5.18. The number of nitrogens with one attached hydrogen (secondary N) is 3. The summed E-state index contributed by atoms with van der Waals surface area (Å²) in [5, 5.41) is 0. The van der Waals surface area contributed by atoms with Crippen LogP contribution in [0, 0.1) is 5.92 Å². The molecule has 2 radical (unpaired) electrons. The van der Waals surface area contributed by atoms with Crippen LogP contribution in [0.1, 0.15) is 36.7 Å². The smallest absolute Gasteiger partial charge is 0.632 e. The molecule has 1 unspecified atom stereocenters. The molecule has 2 fully saturated rings. The van der Waals surface area contributed by atoms with E-state index in [1.807, 2.05) is 17.0 Å². The minimum absolute atomic E-state index is 0. The van der Waals surface area contributed by atoms with Gasteiger partial charge in [-0.05, 0) is 49.3 Å². The minimum atomic E-state index is -0.995. The first-order valence-electron chi connectivity index (χ1n) is 10.2. The Morgan fingerprint density at radius 2 is 1.80 bits per heavy atom. The van der Waals surface area contributed by atoms with Gasteiger partial charge in [0.05, 0.1) is 31.3 Å². The van der Waals surface area contributed by atoms with Crippen molar-refractivity contribution in [2.75, 3.05) is 20.4 Å². The average Bonchev–Trinajstić information content (AvgIpc) is 3.53. The average molecular weight is 577 g/mol. The summed E-state index contributed by atoms with van der Waals surface area (Å²) in [5.41, 5.74) is 15.1. The molecule has 1 aromatic carbocycles. The van der Waals surface area contributed by atoms with Gasteiger partial charge in [0.1, 0.15) is 5.82 Å². The molecule has 0 spiro atoms. The van der Waals surface area contributed by atoms with Gasteiger partial charge in [-0.15, -0.1) is 0 Å². The van der Waals surface area contributed by atoms with Crippen LogP contribution in [0.25, 0.3) is 22.5 Å². The largest absolute Gasteiger partial charge is 2.00 e. The Bertz CT molecular complexity index is 965. The summed E-state index contributed by atoms with van der Waals surface area (Å²) < 4.78 is 7.56. The second kappa shape index (κ2) is 16.6. The minimum Gasteiger partial charge on any atom is -0.632 e. The Morgan fingerprint density at radius 3 is 2.34 bits per heavy atom. The summed E-state index contributed by atoms with van der Waals surface area (Å²) in [6.45, 7) is 0. The van der Waals surface area contributed by atoms with Crippen molar-refractivity contribution in [3.63, 3.8) is 0 Å². The quantitative estimate of drug-likeness (QED) is 0.307. The standard InChI is InChI=1S/C17H18N3O2P.2C2H5NO2.2V/c21-9-20-13-3-2-12(8-13)16(20)17-18-14-4-1-11(5-6-23-10-22)7-15(14)19-17;2*1-5-2(3)4;;/h1,4,7,12-13,16,23H,2-3,5-6,8H2,(H,18,19);2*1H3,(H2,3,4);;/q-2;;;2*+2/p-2/t12-,13+,16-;;;;/m0..../s1. The number of aromatic amines is 1. The van der Waals surface area contributed by atoms with E-state index in [9.17, 15) is 19.2 Å². The van der Waals surface area contributed by atoms with Gasteiger partial charge in [0.25, 0.3) is 0 Å². The van der Waals surface area contributed by atoms with E-state index in [4.69, 9.17) is 16.5 Å². The van der Waals surface area contributed by atoms with E-state index in [2.05, 4.69) is 33.0 Å². The number of carbonyl (C=O) groups excluding carboxylic acids is 4. The molecule has 1 saturated carbocycles. The van der Waals surface area contributed by atoms with Crippen molar-refractivity contribution in [1.29, 1.82) is 0 Å². The number of hydrogen-bond acceptors (Lipinski definition) is 7. The van der Waals surface area contributed by atoms with Crippen LogP contribution in [-0.2, 0) is 62.6 Å². The van der Waals surface area contributed by atoms with E-state index in [-0.39, 0.29) is 51.7 Å². The zero-order valence-electron chi connectivity index (χ0n) is 19.2. The van der Waals surface area contributed by atoms with Crippen LogP contribution in [0.5, 0.6) is 0 Å². The van der Waals surface area contributed by atoms with Gasteiger partial charge in [0.2, 0.25) is 12.2 Å². The van der Waals surface area contributed by atoms with Gasteiger partial charge < -0.3 is 40.4 Å². The number of carbonyl (C=O) groups is 2. The van der Waals surface area contributed by atoms with Gasteiger partial charge in [-0.3, -0.25) is 18.2 Å². The maximum atomic E-state index is 11.3. The molecule has 3 amide bonds. The monoisotopic (exact) mass is 577 g/mol. The second-order valence-electron chi connectivity index (χ2n) is 7.41. The second-order valence-corrected chi connectivity index (χ2v) is 8.46. The molecule has 35 heavy (non-hydrogen) atoms. The van der Waals surface area contributed by atoms with Crippen molar-refractivity contribution in [3.8, 4) is 0 Å². The summed E-state index contributed by atoms with van der Waals surface area (Å²) in [4.78, 5) is 50.1. The number of aryl methyl sites for hydroxylation is 1. The van der Waals surface area contributed by atoms with E-state index in [0.29, 0.717) is 12.0 Å². The predicted octanol–water partition coefficient (Wildman–Crippen LogP) is 4.05. The predicted molar refractivity (Wildman–Crippen MR) is 124 cm³/mol. The van der Waals surface area contributed by atoms with E-state index >= 15 is 0 Å². The maximum absolute atomic E-state index is 11.3. The zero-order valence-corrected chi connectivity index (χ0v) is 23.0. The number of nitrogens with zero attached hydrogens (tertiary/aromatic N) is 2. The van der Waals surface area contributed by atoms with Gasteiger partial charge in [-0.1, -0.05) is 12.2 Å². The summed E-state index contributed by atoms with van der Waals surface area (Å²) in [5.74, 6) is 1.39. The number of hydrogen-bond donors (Lipinski definition) is 1. The molecule has 3 N–H and O–H groups in total. The van der Waals surface area contributed by atoms with Crippen LogP contribution in [0.2, 0.25) is 0 Å². The fourth-order valence-corrected chi connectivity index (χ4v) is 4.62. The Labute approximate surface area is 229 Å². The topological polar surface area (TPSA) is 166 Å². The molecular formula is C21H26N5O6PV2. The van der Waals surface area contributed by atoms with Crippen LogP contribution in [0.4, 0.5) is 9.59 Å². The van der Waals surface area contributed by atoms with Crippen molar-refractivity contribution < 1.29 is 65.8 Å². The first-order valence-corrected chi connectivity index (χ1v) is 11.4. The van der Waals surface area contributed by atoms with E-state index in [0.717, 1.165) is 56.5 Å². The third-order valence-electron chi connectivity index (χ3n) is 5.52. The fourth-order valence-electron chi connectivity index (χ4n) is 4.10. The SMILES string of the molecule is COC([NH-])=O.COC([NH-])=O.O=[C-]PCCc1ccc2nc([C@@H]3[C@H]4CC[C@H](C4)N3[C-]=O)[nH]c2c1.[V+2].[V+2]. The van der Waals surface area contributed by atoms with Crippen LogP contribution in [0.3, 0.4) is 0 Å². The molecule has 2 aromatic rings. The number of amides is 3. The van der Waals surface area contributed by atoms with Crippen LogP contribution in [-0.4, -0.2) is 65.9 Å². The molecule has 2 aliphatic rings. The van der Waals surface area contributed by atoms with Crippen LogP contribution in [0.15, 0.2) is 18.2 Å². The fraction of sp³-hybridized carbons (Fsp3) is 0.476. The number of aromatic nitrogens is 2. The third kappa shape index (κ3) is 9.50. The number of piperidine rings is 1. The summed E-state index contributed by atoms with van der Waals surface area (Å²) in [7, 11) is 2.57. The van der Waals surface area contributed by atoms with Crippen molar-refractivity contribution >= 4 is 44.2 Å². The molecule has 2 heterocycles. The number of H-pyrrole nitrogens is 1. The normalized spacial score (nSPS) is 19.4. The number of methoxy groups -OCH3 is 2. The summed E-state index contributed by atoms with van der Waals surface area (Å²) in [6, 6.07) is 8.52. The van der Waals surface area contributed by atoms with E-state index in [1.165, 1.54) is 12.0 Å². The molecule has 11 nitrogen and oxygen atoms in total. The van der Waals surface area contributed by atoms with Gasteiger partial charge >= 0.3 is 37.1 Å². The number of benzene rings is 1. The Hall–Kier alpha value is -2.03. The molecule has 1 saturated heterocycles. The molecule has 186 valence electrons. The first kappa shape index (κ1) is 33.0. The Morgan fingerprint density at radius 1 is 1.17 bits per heavy atom. The van der Waals surface area contributed by atoms with Gasteiger partial charge in [0, 0.05) is 6.04 Å².